The summed E-state index contributed by atoms with van der Waals surface area (Å²) in [6.07, 6.45) is 2.98. The third kappa shape index (κ3) is 5.42. The lowest BCUT2D eigenvalue weighted by molar-refractivity contribution is -0.143. The van der Waals surface area contributed by atoms with Crippen LogP contribution in [0.1, 0.15) is 22.5 Å². The molecule has 1 aromatic heterocycles. The van der Waals surface area contributed by atoms with Gasteiger partial charge in [0.1, 0.15) is 0 Å². The monoisotopic (exact) mass is 389 g/mol. The smallest absolute Gasteiger partial charge is 0.331 e. The number of benzene rings is 2. The average Bonchev–Trinajstić information content (AvgIpc) is 3.04. The number of esters is 1. The minimum atomic E-state index is -0.578. The maximum atomic E-state index is 12.0. The Morgan fingerprint density at radius 3 is 2.38 bits per heavy atom. The Balaban J connectivity index is 1.54. The number of rotatable bonds is 7. The van der Waals surface area contributed by atoms with Gasteiger partial charge in [-0.3, -0.25) is 4.79 Å². The number of aryl methyl sites for hydroxylation is 1. The van der Waals surface area contributed by atoms with Crippen LogP contribution in [0.5, 0.6) is 0 Å². The first-order chi connectivity index (χ1) is 14.0. The summed E-state index contributed by atoms with van der Waals surface area (Å²) in [6, 6.07) is 19.3. The van der Waals surface area contributed by atoms with Gasteiger partial charge in [0.25, 0.3) is 5.91 Å². The molecule has 0 spiro atoms. The predicted octanol–water partition coefficient (Wildman–Crippen LogP) is 3.36. The van der Waals surface area contributed by atoms with Gasteiger partial charge < -0.3 is 10.1 Å². The van der Waals surface area contributed by atoms with Gasteiger partial charge in [0.2, 0.25) is 0 Å². The van der Waals surface area contributed by atoms with Crippen molar-refractivity contribution in [1.82, 2.24) is 15.1 Å². The number of hydrogen-bond donors (Lipinski definition) is 1. The van der Waals surface area contributed by atoms with Crippen molar-refractivity contribution in [3.05, 3.63) is 89.3 Å². The van der Waals surface area contributed by atoms with Crippen LogP contribution in [-0.4, -0.2) is 28.3 Å². The highest BCUT2D eigenvalue weighted by Crippen LogP contribution is 2.19. The summed E-state index contributed by atoms with van der Waals surface area (Å²) in [6.45, 7) is 3.89. The Bertz CT molecular complexity index is 1010. The number of hydrogen-bond acceptors (Lipinski definition) is 4. The van der Waals surface area contributed by atoms with E-state index in [0.29, 0.717) is 6.54 Å². The normalized spacial score (nSPS) is 10.8. The van der Waals surface area contributed by atoms with Crippen LogP contribution < -0.4 is 5.32 Å². The van der Waals surface area contributed by atoms with E-state index in [9.17, 15) is 9.59 Å². The molecule has 0 radical (unpaired) electrons. The van der Waals surface area contributed by atoms with Crippen LogP contribution in [-0.2, 0) is 20.9 Å². The van der Waals surface area contributed by atoms with E-state index in [1.165, 1.54) is 6.08 Å². The topological polar surface area (TPSA) is 73.2 Å². The largest absolute Gasteiger partial charge is 0.452 e. The van der Waals surface area contributed by atoms with Crippen LogP contribution in [0.3, 0.4) is 0 Å². The molecule has 1 N–H and O–H groups in total. The summed E-state index contributed by atoms with van der Waals surface area (Å²) < 4.78 is 6.85. The first-order valence-corrected chi connectivity index (χ1v) is 9.31. The van der Waals surface area contributed by atoms with Gasteiger partial charge in [-0.25, -0.2) is 9.48 Å². The molecule has 6 nitrogen and oxygen atoms in total. The number of carbonyl (C=O) groups is 2. The molecular formula is C23H23N3O3. The third-order valence-electron chi connectivity index (χ3n) is 4.41. The molecule has 0 saturated carbocycles. The van der Waals surface area contributed by atoms with Gasteiger partial charge in [-0.05, 0) is 37.6 Å². The van der Waals surface area contributed by atoms with Gasteiger partial charge in [-0.15, -0.1) is 0 Å². The molecule has 6 heteroatoms. The van der Waals surface area contributed by atoms with Crippen LogP contribution >= 0.6 is 0 Å². The number of aromatic nitrogens is 2. The Kier molecular flexibility index (Phi) is 6.58. The Labute approximate surface area is 169 Å². The van der Waals surface area contributed by atoms with Crippen molar-refractivity contribution >= 4 is 18.0 Å². The second-order valence-electron chi connectivity index (χ2n) is 6.54. The standard InChI is InChI=1S/C23H23N3O3/c1-17-21(18(2)26(25-17)20-11-7-4-8-12-20)13-14-23(28)29-16-22(27)24-15-19-9-5-3-6-10-19/h3-14H,15-16H2,1-2H3,(H,24,27)/b14-13+. The van der Waals surface area contributed by atoms with Crippen molar-refractivity contribution in [3.8, 4) is 5.69 Å². The van der Waals surface area contributed by atoms with E-state index < -0.39 is 5.97 Å². The van der Waals surface area contributed by atoms with Gasteiger partial charge in [0.05, 0.1) is 11.4 Å². The van der Waals surface area contributed by atoms with Crippen molar-refractivity contribution in [2.75, 3.05) is 6.61 Å². The summed E-state index contributed by atoms with van der Waals surface area (Å²) in [5.74, 6) is -0.925. The first-order valence-electron chi connectivity index (χ1n) is 9.31. The molecule has 0 unspecified atom stereocenters. The number of ether oxygens (including phenoxy) is 1. The van der Waals surface area contributed by atoms with E-state index in [1.807, 2.05) is 79.2 Å². The highest BCUT2D eigenvalue weighted by atomic mass is 16.5. The summed E-state index contributed by atoms with van der Waals surface area (Å²) >= 11 is 0. The maximum Gasteiger partial charge on any atom is 0.331 e. The molecule has 148 valence electrons. The third-order valence-corrected chi connectivity index (χ3v) is 4.41. The second-order valence-corrected chi connectivity index (χ2v) is 6.54. The molecule has 29 heavy (non-hydrogen) atoms. The number of nitrogens with one attached hydrogen (secondary N) is 1. The summed E-state index contributed by atoms with van der Waals surface area (Å²) in [4.78, 5) is 23.8. The van der Waals surface area contributed by atoms with E-state index in [0.717, 1.165) is 28.2 Å². The highest BCUT2D eigenvalue weighted by Gasteiger charge is 2.11. The van der Waals surface area contributed by atoms with E-state index in [2.05, 4.69) is 10.4 Å². The number of nitrogens with zero attached hydrogens (tertiary/aromatic N) is 2. The van der Waals surface area contributed by atoms with Gasteiger partial charge in [0, 0.05) is 23.9 Å². The lowest BCUT2D eigenvalue weighted by Crippen LogP contribution is -2.28. The number of para-hydroxylation sites is 1. The molecule has 0 atom stereocenters. The number of carbonyl (C=O) groups excluding carboxylic acids is 2. The van der Waals surface area contributed by atoms with Crippen molar-refractivity contribution in [2.45, 2.75) is 20.4 Å². The molecular weight excluding hydrogens is 366 g/mol. The van der Waals surface area contributed by atoms with E-state index >= 15 is 0 Å². The van der Waals surface area contributed by atoms with Crippen LogP contribution in [0.15, 0.2) is 66.7 Å². The minimum absolute atomic E-state index is 0.322. The van der Waals surface area contributed by atoms with E-state index in [1.54, 1.807) is 6.08 Å². The first kappa shape index (κ1) is 20.1. The molecule has 0 fully saturated rings. The zero-order valence-corrected chi connectivity index (χ0v) is 16.5. The Morgan fingerprint density at radius 2 is 1.69 bits per heavy atom. The molecule has 0 aliphatic carbocycles. The summed E-state index contributed by atoms with van der Waals surface area (Å²) in [5.41, 5.74) is 4.49. The molecule has 3 aromatic rings. The Morgan fingerprint density at radius 1 is 1.03 bits per heavy atom. The second kappa shape index (κ2) is 9.50. The van der Waals surface area contributed by atoms with Crippen LogP contribution in [0, 0.1) is 13.8 Å². The van der Waals surface area contributed by atoms with Gasteiger partial charge >= 0.3 is 5.97 Å². The predicted molar refractivity (Wildman–Crippen MR) is 111 cm³/mol. The van der Waals surface area contributed by atoms with Gasteiger partial charge in [0.15, 0.2) is 6.61 Å². The van der Waals surface area contributed by atoms with E-state index in [-0.39, 0.29) is 12.5 Å². The molecule has 3 rings (SSSR count). The van der Waals surface area contributed by atoms with Crippen LogP contribution in [0.2, 0.25) is 0 Å². The molecule has 0 aliphatic heterocycles. The highest BCUT2D eigenvalue weighted by molar-refractivity contribution is 5.89. The molecule has 2 aromatic carbocycles. The van der Waals surface area contributed by atoms with E-state index in [4.69, 9.17) is 4.74 Å². The molecule has 1 amide bonds. The zero-order valence-electron chi connectivity index (χ0n) is 16.5. The maximum absolute atomic E-state index is 12.0. The fraction of sp³-hybridized carbons (Fsp3) is 0.174. The Hall–Kier alpha value is -3.67. The molecule has 0 bridgehead atoms. The average molecular weight is 389 g/mol. The fourth-order valence-electron chi connectivity index (χ4n) is 2.90. The van der Waals surface area contributed by atoms with Crippen molar-refractivity contribution in [2.24, 2.45) is 0 Å². The van der Waals surface area contributed by atoms with Crippen molar-refractivity contribution in [1.29, 1.82) is 0 Å². The molecule has 0 aliphatic rings. The SMILES string of the molecule is Cc1nn(-c2ccccc2)c(C)c1/C=C/C(=O)OCC(=O)NCc1ccccc1. The van der Waals surface area contributed by atoms with Crippen molar-refractivity contribution in [3.63, 3.8) is 0 Å². The zero-order chi connectivity index (χ0) is 20.6. The minimum Gasteiger partial charge on any atom is -0.452 e. The van der Waals surface area contributed by atoms with Gasteiger partial charge in [-0.2, -0.15) is 5.10 Å². The fourth-order valence-corrected chi connectivity index (χ4v) is 2.90. The summed E-state index contributed by atoms with van der Waals surface area (Å²) in [5, 5.41) is 7.25. The quantitative estimate of drug-likeness (QED) is 0.497. The van der Waals surface area contributed by atoms with Crippen LogP contribution in [0.4, 0.5) is 0 Å². The molecule has 0 saturated heterocycles. The van der Waals surface area contributed by atoms with Crippen LogP contribution in [0.25, 0.3) is 11.8 Å². The lowest BCUT2D eigenvalue weighted by atomic mass is 10.2. The lowest BCUT2D eigenvalue weighted by Gasteiger charge is -2.05. The molecule has 1 heterocycles. The van der Waals surface area contributed by atoms with Crippen molar-refractivity contribution < 1.29 is 14.3 Å². The van der Waals surface area contributed by atoms with Gasteiger partial charge in [-0.1, -0.05) is 48.5 Å². The number of amides is 1. The summed E-state index contributed by atoms with van der Waals surface area (Å²) in [7, 11) is 0.